The van der Waals surface area contributed by atoms with Gasteiger partial charge in [-0.2, -0.15) is 4.31 Å². The summed E-state index contributed by atoms with van der Waals surface area (Å²) < 4.78 is 30.2. The minimum absolute atomic E-state index is 0.0575. The maximum Gasteiger partial charge on any atom is 0.220 e. The van der Waals surface area contributed by atoms with Gasteiger partial charge in [-0.1, -0.05) is 26.0 Å². The number of methoxy groups -OCH3 is 1. The average molecular weight is 342 g/mol. The van der Waals surface area contributed by atoms with Gasteiger partial charge < -0.3 is 10.1 Å². The van der Waals surface area contributed by atoms with E-state index < -0.39 is 10.0 Å². The zero-order chi connectivity index (χ0) is 17.5. The lowest BCUT2D eigenvalue weighted by atomic mass is 10.1. The van der Waals surface area contributed by atoms with Crippen LogP contribution >= 0.6 is 0 Å². The Kier molecular flexibility index (Phi) is 7.51. The van der Waals surface area contributed by atoms with Crippen molar-refractivity contribution in [3.05, 3.63) is 29.8 Å². The Morgan fingerprint density at radius 1 is 1.26 bits per heavy atom. The summed E-state index contributed by atoms with van der Waals surface area (Å²) in [7, 11) is -1.77. The number of carbonyl (C=O) groups is 1. The number of nitrogens with one attached hydrogen (secondary N) is 1. The van der Waals surface area contributed by atoms with Gasteiger partial charge in [0.1, 0.15) is 5.75 Å². The summed E-state index contributed by atoms with van der Waals surface area (Å²) in [6.45, 7) is 4.74. The van der Waals surface area contributed by atoms with Crippen molar-refractivity contribution in [2.75, 3.05) is 26.5 Å². The van der Waals surface area contributed by atoms with Crippen LogP contribution in [0.1, 0.15) is 25.8 Å². The molecule has 0 radical (unpaired) electrons. The summed E-state index contributed by atoms with van der Waals surface area (Å²) in [4.78, 5) is 11.6. The van der Waals surface area contributed by atoms with E-state index in [1.54, 1.807) is 19.2 Å². The summed E-state index contributed by atoms with van der Waals surface area (Å²) in [5.74, 6) is 0.943. The molecule has 0 saturated heterocycles. The zero-order valence-corrected chi connectivity index (χ0v) is 15.0. The summed E-state index contributed by atoms with van der Waals surface area (Å²) in [6, 6.07) is 7.24. The van der Waals surface area contributed by atoms with Crippen molar-refractivity contribution in [1.82, 2.24) is 9.62 Å². The molecule has 0 saturated carbocycles. The fourth-order valence-electron chi connectivity index (χ4n) is 2.06. The molecule has 0 aliphatic heterocycles. The largest absolute Gasteiger partial charge is 0.497 e. The van der Waals surface area contributed by atoms with Crippen LogP contribution in [-0.2, 0) is 21.4 Å². The highest BCUT2D eigenvalue weighted by Gasteiger charge is 2.17. The predicted octanol–water partition coefficient (Wildman–Crippen LogP) is 1.62. The van der Waals surface area contributed by atoms with Gasteiger partial charge in [-0.15, -0.1) is 0 Å². The lowest BCUT2D eigenvalue weighted by Crippen LogP contribution is -2.37. The van der Waals surface area contributed by atoms with Gasteiger partial charge in [-0.05, 0) is 23.6 Å². The average Bonchev–Trinajstić information content (AvgIpc) is 2.45. The van der Waals surface area contributed by atoms with Crippen LogP contribution in [0.3, 0.4) is 0 Å². The third-order valence-electron chi connectivity index (χ3n) is 3.26. The van der Waals surface area contributed by atoms with Crippen molar-refractivity contribution in [3.8, 4) is 5.75 Å². The number of hydrogen-bond acceptors (Lipinski definition) is 4. The van der Waals surface area contributed by atoms with Crippen LogP contribution in [0.5, 0.6) is 5.75 Å². The van der Waals surface area contributed by atoms with E-state index in [-0.39, 0.29) is 24.9 Å². The standard InChI is InChI=1S/C16H26N2O4S/c1-13(2)11-16(19)17-9-10-18(23(4,20)21)12-14-5-7-15(22-3)8-6-14/h5-8,13H,9-12H2,1-4H3,(H,17,19). The van der Waals surface area contributed by atoms with Crippen LogP contribution in [0.15, 0.2) is 24.3 Å². The van der Waals surface area contributed by atoms with Crippen molar-refractivity contribution >= 4 is 15.9 Å². The van der Waals surface area contributed by atoms with Gasteiger partial charge in [-0.25, -0.2) is 8.42 Å². The summed E-state index contributed by atoms with van der Waals surface area (Å²) in [5, 5.41) is 2.76. The number of ether oxygens (including phenoxy) is 1. The van der Waals surface area contributed by atoms with E-state index in [2.05, 4.69) is 5.32 Å². The lowest BCUT2D eigenvalue weighted by Gasteiger charge is -2.20. The van der Waals surface area contributed by atoms with E-state index in [0.717, 1.165) is 11.3 Å². The van der Waals surface area contributed by atoms with Gasteiger partial charge in [0, 0.05) is 26.1 Å². The summed E-state index contributed by atoms with van der Waals surface area (Å²) in [5.41, 5.74) is 0.865. The van der Waals surface area contributed by atoms with E-state index in [1.165, 1.54) is 10.6 Å². The van der Waals surface area contributed by atoms with E-state index in [9.17, 15) is 13.2 Å². The topological polar surface area (TPSA) is 75.7 Å². The molecule has 0 heterocycles. The first-order valence-electron chi connectivity index (χ1n) is 7.57. The Hall–Kier alpha value is -1.60. The maximum absolute atomic E-state index is 11.9. The first kappa shape index (κ1) is 19.4. The Balaban J connectivity index is 2.61. The van der Waals surface area contributed by atoms with Crippen LogP contribution in [0.25, 0.3) is 0 Å². The molecule has 0 unspecified atom stereocenters. The molecule has 1 aromatic rings. The van der Waals surface area contributed by atoms with Crippen LogP contribution in [-0.4, -0.2) is 45.1 Å². The number of rotatable bonds is 9. The second kappa shape index (κ2) is 8.88. The monoisotopic (exact) mass is 342 g/mol. The Morgan fingerprint density at radius 2 is 1.87 bits per heavy atom. The smallest absolute Gasteiger partial charge is 0.220 e. The quantitative estimate of drug-likeness (QED) is 0.740. The lowest BCUT2D eigenvalue weighted by molar-refractivity contribution is -0.121. The van der Waals surface area contributed by atoms with Crippen molar-refractivity contribution in [3.63, 3.8) is 0 Å². The van der Waals surface area contributed by atoms with Gasteiger partial charge in [0.05, 0.1) is 13.4 Å². The minimum Gasteiger partial charge on any atom is -0.497 e. The molecule has 0 aromatic heterocycles. The number of nitrogens with zero attached hydrogens (tertiary/aromatic N) is 1. The summed E-state index contributed by atoms with van der Waals surface area (Å²) >= 11 is 0. The molecule has 7 heteroatoms. The number of amides is 1. The molecule has 0 aliphatic rings. The third kappa shape index (κ3) is 7.47. The second-order valence-corrected chi connectivity index (χ2v) is 7.87. The molecule has 1 amide bonds. The van der Waals surface area contributed by atoms with Crippen molar-refractivity contribution in [2.45, 2.75) is 26.8 Å². The van der Waals surface area contributed by atoms with Crippen molar-refractivity contribution < 1.29 is 17.9 Å². The van der Waals surface area contributed by atoms with Crippen molar-refractivity contribution in [2.24, 2.45) is 5.92 Å². The SMILES string of the molecule is COc1ccc(CN(CCNC(=O)CC(C)C)S(C)(=O)=O)cc1. The Bertz CT molecular complexity index is 597. The molecule has 130 valence electrons. The van der Waals surface area contributed by atoms with E-state index >= 15 is 0 Å². The predicted molar refractivity (Wildman–Crippen MR) is 90.7 cm³/mol. The molecule has 1 rings (SSSR count). The Labute approximate surface area is 138 Å². The molecular weight excluding hydrogens is 316 g/mol. The second-order valence-electron chi connectivity index (χ2n) is 5.89. The van der Waals surface area contributed by atoms with Crippen LogP contribution in [0.2, 0.25) is 0 Å². The first-order valence-corrected chi connectivity index (χ1v) is 9.42. The van der Waals surface area contributed by atoms with Gasteiger partial charge >= 0.3 is 0 Å². The fraction of sp³-hybridized carbons (Fsp3) is 0.562. The fourth-order valence-corrected chi connectivity index (χ4v) is 2.87. The number of benzene rings is 1. The van der Waals surface area contributed by atoms with Crippen LogP contribution in [0, 0.1) is 5.92 Å². The molecule has 23 heavy (non-hydrogen) atoms. The highest BCUT2D eigenvalue weighted by Crippen LogP contribution is 2.14. The number of carbonyl (C=O) groups excluding carboxylic acids is 1. The minimum atomic E-state index is -3.35. The molecular formula is C16H26N2O4S. The van der Waals surface area contributed by atoms with E-state index in [4.69, 9.17) is 4.74 Å². The summed E-state index contributed by atoms with van der Waals surface area (Å²) in [6.07, 6.45) is 1.61. The van der Waals surface area contributed by atoms with Gasteiger partial charge in [0.2, 0.25) is 15.9 Å². The first-order chi connectivity index (χ1) is 10.7. The van der Waals surface area contributed by atoms with Gasteiger partial charge in [0.15, 0.2) is 0 Å². The normalized spacial score (nSPS) is 11.7. The molecule has 0 aliphatic carbocycles. The van der Waals surface area contributed by atoms with Crippen molar-refractivity contribution in [1.29, 1.82) is 0 Å². The third-order valence-corrected chi connectivity index (χ3v) is 4.51. The molecule has 0 fully saturated rings. The zero-order valence-electron chi connectivity index (χ0n) is 14.2. The van der Waals surface area contributed by atoms with E-state index in [1.807, 2.05) is 26.0 Å². The Morgan fingerprint density at radius 3 is 2.35 bits per heavy atom. The van der Waals surface area contributed by atoms with Crippen LogP contribution < -0.4 is 10.1 Å². The maximum atomic E-state index is 11.9. The highest BCUT2D eigenvalue weighted by atomic mass is 32.2. The number of sulfonamides is 1. The van der Waals surface area contributed by atoms with Crippen LogP contribution in [0.4, 0.5) is 0 Å². The molecule has 0 spiro atoms. The van der Waals surface area contributed by atoms with Gasteiger partial charge in [0.25, 0.3) is 0 Å². The molecule has 6 nitrogen and oxygen atoms in total. The number of hydrogen-bond donors (Lipinski definition) is 1. The van der Waals surface area contributed by atoms with Gasteiger partial charge in [-0.3, -0.25) is 4.79 Å². The highest BCUT2D eigenvalue weighted by molar-refractivity contribution is 7.88. The molecule has 0 bridgehead atoms. The molecule has 0 atom stereocenters. The molecule has 1 N–H and O–H groups in total. The van der Waals surface area contributed by atoms with E-state index in [0.29, 0.717) is 13.0 Å². The molecule has 1 aromatic carbocycles.